The molecule has 6 rings (SSSR count). The molecule has 0 spiro atoms. The van der Waals surface area contributed by atoms with Gasteiger partial charge in [0, 0.05) is 50.5 Å². The molecule has 1 aliphatic heterocycles. The summed E-state index contributed by atoms with van der Waals surface area (Å²) >= 11 is 0. The van der Waals surface area contributed by atoms with E-state index in [1.165, 1.54) is 27.2 Å². The van der Waals surface area contributed by atoms with Crippen LogP contribution in [-0.4, -0.2) is 123 Å². The highest BCUT2D eigenvalue weighted by Gasteiger charge is 2.72. The van der Waals surface area contributed by atoms with Gasteiger partial charge in [-0.25, -0.2) is 4.79 Å². The van der Waals surface area contributed by atoms with Crippen molar-refractivity contribution in [3.63, 3.8) is 0 Å². The van der Waals surface area contributed by atoms with Gasteiger partial charge in [-0.05, 0) is 31.0 Å². The molecule has 2 aromatic carbocycles. The number of ketones is 4. The number of phenols is 2. The van der Waals surface area contributed by atoms with Crippen molar-refractivity contribution < 1.29 is 73.8 Å². The first-order chi connectivity index (χ1) is 24.1. The van der Waals surface area contributed by atoms with Crippen LogP contribution in [0.15, 0.2) is 34.2 Å². The van der Waals surface area contributed by atoms with Crippen LogP contribution in [0.25, 0.3) is 0 Å². The molecule has 2 aromatic rings. The molecule has 7 N–H and O–H groups in total. The van der Waals surface area contributed by atoms with Gasteiger partial charge in [0.1, 0.15) is 40.7 Å². The number of aromatic hydroxyl groups is 2. The molecule has 1 fully saturated rings. The van der Waals surface area contributed by atoms with Crippen molar-refractivity contribution in [2.45, 2.75) is 56.0 Å². The molecule has 3 aliphatic carbocycles. The Bertz CT molecular complexity index is 2070. The van der Waals surface area contributed by atoms with Crippen LogP contribution in [0.3, 0.4) is 0 Å². The average Bonchev–Trinajstić information content (AvgIpc) is 3.08. The van der Waals surface area contributed by atoms with Crippen LogP contribution in [0, 0.1) is 6.92 Å². The van der Waals surface area contributed by atoms with Crippen molar-refractivity contribution in [1.82, 2.24) is 5.32 Å². The summed E-state index contributed by atoms with van der Waals surface area (Å²) in [6.07, 6.45) is -3.71. The van der Waals surface area contributed by atoms with Crippen molar-refractivity contribution in [3.8, 4) is 11.5 Å². The summed E-state index contributed by atoms with van der Waals surface area (Å²) in [6.45, 7) is 2.92. The number of oxime groups is 2. The lowest BCUT2D eigenvalue weighted by molar-refractivity contribution is -0.129. The number of allylic oxidation sites excluding steroid dienone is 2. The number of aryl methyl sites for hydroxylation is 1. The number of nitrogens with one attached hydrogen (secondary N) is 1. The third-order valence-electron chi connectivity index (χ3n) is 9.85. The molecule has 268 valence electrons. The number of methoxy groups -OCH3 is 3. The number of hydrogen-bond donors (Lipinski definition) is 7. The van der Waals surface area contributed by atoms with Crippen LogP contribution in [-0.2, 0) is 31.0 Å². The van der Waals surface area contributed by atoms with Crippen molar-refractivity contribution in [2.24, 2.45) is 10.3 Å². The normalized spacial score (nSPS) is 30.0. The number of carbonyl (C=O) groups is 5. The molecule has 0 aromatic heterocycles. The Balaban J connectivity index is 1.53. The van der Waals surface area contributed by atoms with Crippen molar-refractivity contribution in [3.05, 3.63) is 68.4 Å². The lowest BCUT2D eigenvalue weighted by atomic mass is 9.57. The summed E-state index contributed by atoms with van der Waals surface area (Å²) in [5.74, 6) is -8.73. The zero-order valence-electron chi connectivity index (χ0n) is 27.5. The summed E-state index contributed by atoms with van der Waals surface area (Å²) in [5, 5.41) is 73.9. The summed E-state index contributed by atoms with van der Waals surface area (Å²) in [5.41, 5.74) is -11.9. The van der Waals surface area contributed by atoms with Crippen LogP contribution in [0.5, 0.6) is 11.5 Å². The maximum atomic E-state index is 14.6. The van der Waals surface area contributed by atoms with Crippen LogP contribution in [0.2, 0.25) is 0 Å². The second kappa shape index (κ2) is 12.1. The van der Waals surface area contributed by atoms with Crippen molar-refractivity contribution >= 4 is 40.5 Å². The number of aliphatic hydroxyl groups is 1. The summed E-state index contributed by atoms with van der Waals surface area (Å²) in [6, 6.07) is 2.01. The van der Waals surface area contributed by atoms with E-state index in [9.17, 15) is 54.8 Å². The molecule has 1 saturated heterocycles. The minimum absolute atomic E-state index is 0.000539. The van der Waals surface area contributed by atoms with Gasteiger partial charge in [-0.1, -0.05) is 16.4 Å². The molecule has 0 saturated carbocycles. The van der Waals surface area contributed by atoms with Crippen LogP contribution < -0.4 is 5.32 Å². The molecule has 51 heavy (non-hydrogen) atoms. The first-order valence-corrected chi connectivity index (χ1v) is 15.2. The summed E-state index contributed by atoms with van der Waals surface area (Å²) in [7, 11) is 3.48. The molecule has 4 aliphatic rings. The highest BCUT2D eigenvalue weighted by Crippen LogP contribution is 2.55. The predicted molar refractivity (Wildman–Crippen MR) is 168 cm³/mol. The van der Waals surface area contributed by atoms with Crippen LogP contribution in [0.4, 0.5) is 0 Å². The van der Waals surface area contributed by atoms with Crippen LogP contribution in [0.1, 0.15) is 75.4 Å². The standard InChI is InChI=1S/C33H31N3O15/c1-10-6-12-7-17(35-46)33(50-5)29(42)20-14(28(41)32(33,45)21(12)25(40)18(10)31(43)44)8-13-19(24(20)39)16(37)9-15(23(13)38)34-30-27(49-4)22(36-47)26(48-3)11(2)51-30/h6,8-9,11,26-27,30,34,39-40,45-47H,7H2,1-5H3,(H,43,44)/t11-,26-,27+,30-,32?,33?/m0/s1. The lowest BCUT2D eigenvalue weighted by Gasteiger charge is -2.50. The number of Topliss-reactive ketones (excluding diaryl/α,β-unsaturated/α-hetero) is 3. The Morgan fingerprint density at radius 1 is 0.961 bits per heavy atom. The molecule has 0 radical (unpaired) electrons. The second-order valence-corrected chi connectivity index (χ2v) is 12.3. The van der Waals surface area contributed by atoms with E-state index in [0.29, 0.717) is 0 Å². The highest BCUT2D eigenvalue weighted by molar-refractivity contribution is 6.36. The molecule has 2 unspecified atom stereocenters. The number of phenolic OH excluding ortho intramolecular Hbond substituents is 1. The number of carboxylic acid groups (broad SMARTS) is 1. The number of rotatable bonds is 6. The Kier molecular flexibility index (Phi) is 8.35. The molecule has 0 bridgehead atoms. The van der Waals surface area contributed by atoms with Gasteiger partial charge in [0.2, 0.25) is 23.0 Å². The van der Waals surface area contributed by atoms with E-state index in [1.807, 2.05) is 0 Å². The number of hydrogen-bond acceptors (Lipinski definition) is 17. The number of carbonyl (C=O) groups excluding carboxylic acids is 4. The first-order valence-electron chi connectivity index (χ1n) is 15.2. The van der Waals surface area contributed by atoms with Gasteiger partial charge in [0.15, 0.2) is 17.6 Å². The third-order valence-corrected chi connectivity index (χ3v) is 9.85. The molecule has 6 atom stereocenters. The van der Waals surface area contributed by atoms with E-state index in [1.54, 1.807) is 6.92 Å². The maximum absolute atomic E-state index is 14.6. The monoisotopic (exact) mass is 709 g/mol. The first kappa shape index (κ1) is 35.3. The quantitative estimate of drug-likeness (QED) is 0.160. The minimum atomic E-state index is -3.34. The molecule has 18 nitrogen and oxygen atoms in total. The molecule has 18 heteroatoms. The van der Waals surface area contributed by atoms with E-state index < -0.39 is 128 Å². The van der Waals surface area contributed by atoms with Gasteiger partial charge in [-0.2, -0.15) is 0 Å². The second-order valence-electron chi connectivity index (χ2n) is 12.3. The molecule has 1 heterocycles. The Labute approximate surface area is 287 Å². The number of fused-ring (bicyclic) bond motifs is 5. The van der Waals surface area contributed by atoms with E-state index >= 15 is 0 Å². The third kappa shape index (κ3) is 4.44. The van der Waals surface area contributed by atoms with Gasteiger partial charge < -0.3 is 55.1 Å². The fraction of sp³-hybridized carbons (Fsp3) is 0.364. The van der Waals surface area contributed by atoms with Gasteiger partial charge in [-0.3, -0.25) is 19.2 Å². The number of nitrogens with zero attached hydrogens (tertiary/aromatic N) is 2. The topological polar surface area (TPSA) is 280 Å². The van der Waals surface area contributed by atoms with Gasteiger partial charge in [0.05, 0.1) is 22.9 Å². The van der Waals surface area contributed by atoms with Crippen LogP contribution >= 0.6 is 0 Å². The Hall–Kier alpha value is -5.53. The molecule has 0 amide bonds. The maximum Gasteiger partial charge on any atom is 0.339 e. The molecular weight excluding hydrogens is 678 g/mol. The van der Waals surface area contributed by atoms with Gasteiger partial charge in [-0.15, -0.1) is 0 Å². The zero-order valence-corrected chi connectivity index (χ0v) is 27.5. The van der Waals surface area contributed by atoms with E-state index in [2.05, 4.69) is 15.6 Å². The minimum Gasteiger partial charge on any atom is -0.507 e. The Morgan fingerprint density at radius 3 is 2.20 bits per heavy atom. The summed E-state index contributed by atoms with van der Waals surface area (Å²) < 4.78 is 22.1. The average molecular weight is 710 g/mol. The fourth-order valence-corrected chi connectivity index (χ4v) is 7.67. The smallest absolute Gasteiger partial charge is 0.339 e. The summed E-state index contributed by atoms with van der Waals surface area (Å²) in [4.78, 5) is 68.7. The SMILES string of the molecule is CO[C@@H]1C(=NO)[C@@H](OC)[C@@H](NC2=CC(=O)c3c(cc4c(c3O)C(=O)C3(OC)C(=NO)Cc5cc(C)c(C(=O)O)c(O)c5C3(O)C4=O)C2=O)O[C@H]1C. The lowest BCUT2D eigenvalue weighted by Crippen LogP contribution is -2.71. The number of aromatic carboxylic acids is 1. The number of carboxylic acids is 1. The highest BCUT2D eigenvalue weighted by atomic mass is 16.6. The van der Waals surface area contributed by atoms with Crippen molar-refractivity contribution in [1.29, 1.82) is 0 Å². The van der Waals surface area contributed by atoms with E-state index in [4.69, 9.17) is 18.9 Å². The Morgan fingerprint density at radius 2 is 1.63 bits per heavy atom. The zero-order chi connectivity index (χ0) is 37.5. The molecular formula is C33H31N3O15. The van der Waals surface area contributed by atoms with Gasteiger partial charge >= 0.3 is 5.97 Å². The van der Waals surface area contributed by atoms with E-state index in [-0.39, 0.29) is 16.8 Å². The van der Waals surface area contributed by atoms with Gasteiger partial charge in [0.25, 0.3) is 0 Å². The number of benzene rings is 2. The van der Waals surface area contributed by atoms with E-state index in [0.717, 1.165) is 19.3 Å². The largest absolute Gasteiger partial charge is 0.507 e. The number of ether oxygens (including phenoxy) is 4. The van der Waals surface area contributed by atoms with Crippen molar-refractivity contribution in [2.75, 3.05) is 21.3 Å². The fourth-order valence-electron chi connectivity index (χ4n) is 7.67. The predicted octanol–water partition coefficient (Wildman–Crippen LogP) is 0.600.